The van der Waals surface area contributed by atoms with Crippen LogP contribution in [-0.2, 0) is 0 Å². The van der Waals surface area contributed by atoms with Crippen molar-refractivity contribution in [3.8, 4) is 0 Å². The molecule has 0 spiro atoms. The average Bonchev–Trinajstić information content (AvgIpc) is 2.92. The van der Waals surface area contributed by atoms with Gasteiger partial charge < -0.3 is 5.73 Å². The van der Waals surface area contributed by atoms with Gasteiger partial charge >= 0.3 is 6.18 Å². The normalized spacial score (nSPS) is 19.6. The molecule has 0 bridgehead atoms. The lowest BCUT2D eigenvalue weighted by Crippen LogP contribution is -2.37. The predicted octanol–water partition coefficient (Wildman–Crippen LogP) is 2.00. The van der Waals surface area contributed by atoms with E-state index in [1.165, 1.54) is 0 Å². The van der Waals surface area contributed by atoms with Crippen LogP contribution in [0, 0.1) is 5.92 Å². The molecule has 90 valence electrons. The van der Waals surface area contributed by atoms with Gasteiger partial charge in [0.25, 0.3) is 0 Å². The third-order valence-corrected chi connectivity index (χ3v) is 2.76. The number of rotatable bonds is 6. The zero-order valence-corrected chi connectivity index (χ0v) is 9.06. The number of alkyl halides is 3. The predicted molar refractivity (Wildman–Crippen MR) is 53.5 cm³/mol. The van der Waals surface area contributed by atoms with E-state index >= 15 is 0 Å². The van der Waals surface area contributed by atoms with Gasteiger partial charge in [-0.05, 0) is 38.3 Å². The van der Waals surface area contributed by atoms with E-state index in [1.54, 1.807) is 4.90 Å². The maximum atomic E-state index is 12.2. The average molecular weight is 224 g/mol. The van der Waals surface area contributed by atoms with Gasteiger partial charge in [0.15, 0.2) is 0 Å². The second-order valence-electron chi connectivity index (χ2n) is 4.45. The van der Waals surface area contributed by atoms with Crippen molar-refractivity contribution in [1.82, 2.24) is 4.90 Å². The highest BCUT2D eigenvalue weighted by Crippen LogP contribution is 2.30. The first-order valence-electron chi connectivity index (χ1n) is 5.43. The summed E-state index contributed by atoms with van der Waals surface area (Å²) in [5, 5.41) is 0. The van der Waals surface area contributed by atoms with E-state index in [-0.39, 0.29) is 6.04 Å². The second kappa shape index (κ2) is 5.16. The molecule has 1 atom stereocenters. The zero-order valence-electron chi connectivity index (χ0n) is 9.06. The molecular weight excluding hydrogens is 205 g/mol. The van der Waals surface area contributed by atoms with Gasteiger partial charge in [0, 0.05) is 6.04 Å². The van der Waals surface area contributed by atoms with Gasteiger partial charge in [-0.15, -0.1) is 0 Å². The molecule has 1 aliphatic carbocycles. The van der Waals surface area contributed by atoms with E-state index in [4.69, 9.17) is 5.73 Å². The molecule has 1 aliphatic rings. The Morgan fingerprint density at radius 2 is 2.00 bits per heavy atom. The van der Waals surface area contributed by atoms with Crippen molar-refractivity contribution in [1.29, 1.82) is 0 Å². The Balaban J connectivity index is 2.31. The summed E-state index contributed by atoms with van der Waals surface area (Å²) in [6, 6.07) is 0.164. The summed E-state index contributed by atoms with van der Waals surface area (Å²) in [6.07, 6.45) is -1.50. The van der Waals surface area contributed by atoms with Crippen molar-refractivity contribution >= 4 is 0 Å². The van der Waals surface area contributed by atoms with E-state index in [0.717, 1.165) is 19.3 Å². The summed E-state index contributed by atoms with van der Waals surface area (Å²) in [5.74, 6) is 0.305. The first kappa shape index (κ1) is 12.8. The number of halogens is 3. The molecule has 1 rings (SSSR count). The van der Waals surface area contributed by atoms with Crippen molar-refractivity contribution in [2.45, 2.75) is 38.4 Å². The van der Waals surface area contributed by atoms with Crippen LogP contribution in [0.2, 0.25) is 0 Å². The number of nitrogens with two attached hydrogens (primary N) is 1. The third-order valence-electron chi connectivity index (χ3n) is 2.76. The minimum absolute atomic E-state index is 0.164. The highest BCUT2D eigenvalue weighted by molar-refractivity contribution is 4.85. The summed E-state index contributed by atoms with van der Waals surface area (Å²) < 4.78 is 36.7. The van der Waals surface area contributed by atoms with Crippen molar-refractivity contribution in [3.63, 3.8) is 0 Å². The third kappa shape index (κ3) is 5.37. The number of hydrogen-bond acceptors (Lipinski definition) is 2. The molecule has 1 unspecified atom stereocenters. The fourth-order valence-corrected chi connectivity index (χ4v) is 1.56. The van der Waals surface area contributed by atoms with E-state index in [2.05, 4.69) is 0 Å². The van der Waals surface area contributed by atoms with Crippen LogP contribution in [0.3, 0.4) is 0 Å². The van der Waals surface area contributed by atoms with Crippen LogP contribution in [0.15, 0.2) is 0 Å². The summed E-state index contributed by atoms with van der Waals surface area (Å²) >= 11 is 0. The van der Waals surface area contributed by atoms with E-state index in [9.17, 15) is 13.2 Å². The van der Waals surface area contributed by atoms with Crippen LogP contribution in [0.25, 0.3) is 0 Å². The molecule has 0 radical (unpaired) electrons. The Kier molecular flexibility index (Phi) is 4.40. The molecule has 0 amide bonds. The van der Waals surface area contributed by atoms with Crippen molar-refractivity contribution in [2.75, 3.05) is 19.6 Å². The Labute approximate surface area is 88.6 Å². The van der Waals surface area contributed by atoms with Crippen molar-refractivity contribution in [2.24, 2.45) is 11.7 Å². The zero-order chi connectivity index (χ0) is 11.5. The van der Waals surface area contributed by atoms with Gasteiger partial charge in [0.05, 0.1) is 6.54 Å². The fourth-order valence-electron chi connectivity index (χ4n) is 1.56. The maximum absolute atomic E-state index is 12.2. The molecule has 0 heterocycles. The lowest BCUT2D eigenvalue weighted by atomic mass is 10.1. The molecule has 15 heavy (non-hydrogen) atoms. The maximum Gasteiger partial charge on any atom is 0.401 e. The Morgan fingerprint density at radius 3 is 2.40 bits per heavy atom. The molecule has 0 saturated heterocycles. The Bertz CT molecular complexity index is 190. The molecule has 1 fully saturated rings. The molecule has 0 aromatic carbocycles. The minimum atomic E-state index is -4.07. The lowest BCUT2D eigenvalue weighted by molar-refractivity contribution is -0.147. The van der Waals surface area contributed by atoms with Gasteiger partial charge in [-0.3, -0.25) is 4.90 Å². The number of nitrogens with zero attached hydrogens (tertiary/aromatic N) is 1. The summed E-state index contributed by atoms with van der Waals surface area (Å²) in [4.78, 5) is 1.55. The van der Waals surface area contributed by atoms with E-state index in [1.807, 2.05) is 6.92 Å². The van der Waals surface area contributed by atoms with Crippen LogP contribution in [-0.4, -0.2) is 36.8 Å². The summed E-state index contributed by atoms with van der Waals surface area (Å²) in [5.41, 5.74) is 5.44. The molecule has 0 aliphatic heterocycles. The van der Waals surface area contributed by atoms with E-state index < -0.39 is 12.7 Å². The SMILES string of the molecule is CC(CN)CCN(CC(F)(F)F)C1CC1. The van der Waals surface area contributed by atoms with Gasteiger partial charge in [0.1, 0.15) is 0 Å². The van der Waals surface area contributed by atoms with Gasteiger partial charge in [0.2, 0.25) is 0 Å². The highest BCUT2D eigenvalue weighted by atomic mass is 19.4. The summed E-state index contributed by atoms with van der Waals surface area (Å²) in [7, 11) is 0. The van der Waals surface area contributed by atoms with Gasteiger partial charge in [-0.2, -0.15) is 13.2 Å². The van der Waals surface area contributed by atoms with Crippen LogP contribution < -0.4 is 5.73 Å². The molecule has 1 saturated carbocycles. The molecule has 5 heteroatoms. The molecule has 0 aromatic rings. The second-order valence-corrected chi connectivity index (χ2v) is 4.45. The quantitative estimate of drug-likeness (QED) is 0.747. The van der Waals surface area contributed by atoms with Crippen molar-refractivity contribution in [3.05, 3.63) is 0 Å². The lowest BCUT2D eigenvalue weighted by Gasteiger charge is -2.24. The first-order valence-corrected chi connectivity index (χ1v) is 5.43. The van der Waals surface area contributed by atoms with Crippen molar-refractivity contribution < 1.29 is 13.2 Å². The van der Waals surface area contributed by atoms with E-state index in [0.29, 0.717) is 19.0 Å². The fraction of sp³-hybridized carbons (Fsp3) is 1.00. The monoisotopic (exact) mass is 224 g/mol. The number of hydrogen-bond donors (Lipinski definition) is 1. The largest absolute Gasteiger partial charge is 0.401 e. The molecule has 2 nitrogen and oxygen atoms in total. The smallest absolute Gasteiger partial charge is 0.330 e. The van der Waals surface area contributed by atoms with Gasteiger partial charge in [-0.1, -0.05) is 6.92 Å². The van der Waals surface area contributed by atoms with Crippen LogP contribution in [0.4, 0.5) is 13.2 Å². The van der Waals surface area contributed by atoms with Crippen LogP contribution in [0.5, 0.6) is 0 Å². The summed E-state index contributed by atoms with van der Waals surface area (Å²) in [6.45, 7) is 2.26. The molecule has 2 N–H and O–H groups in total. The Morgan fingerprint density at radius 1 is 1.40 bits per heavy atom. The van der Waals surface area contributed by atoms with Crippen LogP contribution in [0.1, 0.15) is 26.2 Å². The topological polar surface area (TPSA) is 29.3 Å². The highest BCUT2D eigenvalue weighted by Gasteiger charge is 2.37. The Hall–Kier alpha value is -0.290. The molecular formula is C10H19F3N2. The first-order chi connectivity index (χ1) is 6.92. The molecule has 0 aromatic heterocycles. The minimum Gasteiger partial charge on any atom is -0.330 e. The van der Waals surface area contributed by atoms with Gasteiger partial charge in [-0.25, -0.2) is 0 Å². The standard InChI is InChI=1S/C10H19F3N2/c1-8(6-14)4-5-15(9-2-3-9)7-10(11,12)13/h8-9H,2-7,14H2,1H3. The van der Waals surface area contributed by atoms with Crippen LogP contribution >= 0.6 is 0 Å².